The van der Waals surface area contributed by atoms with E-state index in [1.807, 2.05) is 4.90 Å². The van der Waals surface area contributed by atoms with Crippen LogP contribution in [0.1, 0.15) is 35.2 Å². The lowest BCUT2D eigenvalue weighted by Gasteiger charge is -2.31. The van der Waals surface area contributed by atoms with Crippen LogP contribution in [0.4, 0.5) is 30.2 Å². The number of non-ortho nitro benzene ring substituents is 1. The molecule has 2 aromatic carbocycles. The summed E-state index contributed by atoms with van der Waals surface area (Å²) < 4.78 is 39.1. The fourth-order valence-corrected chi connectivity index (χ4v) is 3.96. The van der Waals surface area contributed by atoms with Crippen molar-refractivity contribution in [2.24, 2.45) is 0 Å². The molecule has 12 heteroatoms. The first-order valence-corrected chi connectivity index (χ1v) is 10.8. The van der Waals surface area contributed by atoms with Crippen molar-refractivity contribution in [2.75, 3.05) is 36.9 Å². The lowest BCUT2D eigenvalue weighted by Crippen LogP contribution is -2.37. The second-order valence-corrected chi connectivity index (χ2v) is 8.32. The first-order valence-electron chi connectivity index (χ1n) is 10.4. The second-order valence-electron chi connectivity index (χ2n) is 7.91. The second kappa shape index (κ2) is 10.3. The Morgan fingerprint density at radius 1 is 1.15 bits per heavy atom. The van der Waals surface area contributed by atoms with Gasteiger partial charge in [-0.25, -0.2) is 0 Å². The van der Waals surface area contributed by atoms with Gasteiger partial charge in [0.1, 0.15) is 0 Å². The van der Waals surface area contributed by atoms with Crippen molar-refractivity contribution in [1.29, 1.82) is 0 Å². The normalized spacial score (nSPS) is 14.0. The first kappa shape index (κ1) is 25.3. The van der Waals surface area contributed by atoms with Crippen LogP contribution in [0, 0.1) is 10.1 Å². The predicted molar refractivity (Wildman–Crippen MR) is 121 cm³/mol. The van der Waals surface area contributed by atoms with Gasteiger partial charge < -0.3 is 15.1 Å². The Balaban J connectivity index is 1.78. The summed E-state index contributed by atoms with van der Waals surface area (Å²) in [6.45, 7) is 0.908. The SMILES string of the molecule is CN(CC(=O)Nc1ccc(Cl)c(C(F)(F)F)c1)C(=O)c1cc([N+](=O)[O-])ccc1N1CCCCC1. The molecule has 1 aliphatic rings. The monoisotopic (exact) mass is 498 g/mol. The Morgan fingerprint density at radius 3 is 2.44 bits per heavy atom. The van der Waals surface area contributed by atoms with Gasteiger partial charge in [0.2, 0.25) is 5.91 Å². The van der Waals surface area contributed by atoms with Gasteiger partial charge >= 0.3 is 6.18 Å². The van der Waals surface area contributed by atoms with E-state index in [0.717, 1.165) is 30.2 Å². The molecule has 0 aromatic heterocycles. The summed E-state index contributed by atoms with van der Waals surface area (Å²) in [5.74, 6) is -1.36. The van der Waals surface area contributed by atoms with Gasteiger partial charge in [-0.05, 0) is 43.5 Å². The van der Waals surface area contributed by atoms with E-state index in [4.69, 9.17) is 11.6 Å². The minimum Gasteiger partial charge on any atom is -0.371 e. The van der Waals surface area contributed by atoms with Crippen molar-refractivity contribution in [1.82, 2.24) is 4.90 Å². The standard InChI is InChI=1S/C22H22ClF3N4O4/c1-28(13-20(31)27-14-5-7-18(23)17(11-14)22(24,25)26)21(32)16-12-15(30(33)34)6-8-19(16)29-9-3-2-4-10-29/h5-8,11-12H,2-4,9-10,13H2,1H3,(H,27,31). The summed E-state index contributed by atoms with van der Waals surface area (Å²) in [7, 11) is 1.34. The summed E-state index contributed by atoms with van der Waals surface area (Å²) in [5, 5.41) is 13.1. The van der Waals surface area contributed by atoms with Crippen molar-refractivity contribution in [3.63, 3.8) is 0 Å². The smallest absolute Gasteiger partial charge is 0.371 e. The first-order chi connectivity index (χ1) is 16.0. The van der Waals surface area contributed by atoms with Crippen LogP contribution in [0.5, 0.6) is 0 Å². The molecule has 182 valence electrons. The molecule has 1 saturated heterocycles. The molecule has 1 aliphatic heterocycles. The number of nitrogens with one attached hydrogen (secondary N) is 1. The molecule has 0 atom stereocenters. The van der Waals surface area contributed by atoms with Gasteiger partial charge in [0, 0.05) is 38.0 Å². The molecule has 0 unspecified atom stereocenters. The lowest BCUT2D eigenvalue weighted by molar-refractivity contribution is -0.384. The number of halogens is 4. The number of likely N-dealkylation sites (N-methyl/N-ethyl adjacent to an activating group) is 1. The highest BCUT2D eigenvalue weighted by molar-refractivity contribution is 6.31. The molecule has 34 heavy (non-hydrogen) atoms. The van der Waals surface area contributed by atoms with Gasteiger partial charge in [-0.1, -0.05) is 11.6 Å². The van der Waals surface area contributed by atoms with Gasteiger partial charge in [-0.3, -0.25) is 19.7 Å². The van der Waals surface area contributed by atoms with Crippen LogP contribution >= 0.6 is 11.6 Å². The molecule has 0 bridgehead atoms. The summed E-state index contributed by atoms with van der Waals surface area (Å²) in [5.41, 5.74) is -0.874. The molecule has 3 rings (SSSR count). The number of rotatable bonds is 6. The average molecular weight is 499 g/mol. The zero-order valence-corrected chi connectivity index (χ0v) is 18.9. The van der Waals surface area contributed by atoms with E-state index in [1.54, 1.807) is 0 Å². The van der Waals surface area contributed by atoms with E-state index >= 15 is 0 Å². The van der Waals surface area contributed by atoms with Crippen LogP contribution < -0.4 is 10.2 Å². The van der Waals surface area contributed by atoms with Crippen LogP contribution in [-0.4, -0.2) is 48.3 Å². The maximum Gasteiger partial charge on any atom is 0.417 e. The van der Waals surface area contributed by atoms with Gasteiger partial charge in [0.05, 0.1) is 33.3 Å². The molecule has 0 spiro atoms. The molecule has 0 saturated carbocycles. The van der Waals surface area contributed by atoms with Crippen LogP contribution in [0.2, 0.25) is 5.02 Å². The molecular weight excluding hydrogens is 477 g/mol. The number of hydrogen-bond acceptors (Lipinski definition) is 5. The fourth-order valence-electron chi connectivity index (χ4n) is 3.73. The van der Waals surface area contributed by atoms with Crippen LogP contribution in [-0.2, 0) is 11.0 Å². The van der Waals surface area contributed by atoms with E-state index in [-0.39, 0.29) is 16.9 Å². The molecular formula is C22H22ClF3N4O4. The highest BCUT2D eigenvalue weighted by atomic mass is 35.5. The summed E-state index contributed by atoms with van der Waals surface area (Å²) in [6.07, 6.45) is -1.81. The maximum absolute atomic E-state index is 13.1. The van der Waals surface area contributed by atoms with Crippen molar-refractivity contribution in [2.45, 2.75) is 25.4 Å². The number of nitrogens with zero attached hydrogens (tertiary/aromatic N) is 3. The van der Waals surface area contributed by atoms with Gasteiger partial charge in [0.15, 0.2) is 0 Å². The Morgan fingerprint density at radius 2 is 1.82 bits per heavy atom. The van der Waals surface area contributed by atoms with E-state index in [1.165, 1.54) is 31.3 Å². The van der Waals surface area contributed by atoms with Crippen molar-refractivity contribution >= 4 is 40.5 Å². The van der Waals surface area contributed by atoms with E-state index < -0.39 is 40.0 Å². The highest BCUT2D eigenvalue weighted by Gasteiger charge is 2.33. The number of amides is 2. The minimum absolute atomic E-state index is 0.0808. The molecule has 1 heterocycles. The Hall–Kier alpha value is -3.34. The number of carbonyl (C=O) groups is 2. The van der Waals surface area contributed by atoms with Crippen molar-refractivity contribution < 1.29 is 27.7 Å². The zero-order chi connectivity index (χ0) is 25.0. The fraction of sp³-hybridized carbons (Fsp3) is 0.364. The number of hydrogen-bond donors (Lipinski definition) is 1. The zero-order valence-electron chi connectivity index (χ0n) is 18.2. The van der Waals surface area contributed by atoms with E-state index in [2.05, 4.69) is 5.32 Å². The van der Waals surface area contributed by atoms with Gasteiger partial charge in [-0.2, -0.15) is 13.2 Å². The summed E-state index contributed by atoms with van der Waals surface area (Å²) >= 11 is 5.59. The highest BCUT2D eigenvalue weighted by Crippen LogP contribution is 2.36. The number of alkyl halides is 3. The van der Waals surface area contributed by atoms with Gasteiger partial charge in [-0.15, -0.1) is 0 Å². The molecule has 1 N–H and O–H groups in total. The Kier molecular flexibility index (Phi) is 7.65. The molecule has 2 amide bonds. The number of nitro benzene ring substituents is 1. The molecule has 0 radical (unpaired) electrons. The molecule has 1 fully saturated rings. The quantitative estimate of drug-likeness (QED) is 0.448. The third-order valence-corrected chi connectivity index (χ3v) is 5.73. The molecule has 8 nitrogen and oxygen atoms in total. The lowest BCUT2D eigenvalue weighted by atomic mass is 10.1. The topological polar surface area (TPSA) is 95.8 Å². The van der Waals surface area contributed by atoms with Crippen LogP contribution in [0.25, 0.3) is 0 Å². The molecule has 2 aromatic rings. The minimum atomic E-state index is -4.70. The van der Waals surface area contributed by atoms with E-state index in [9.17, 15) is 32.9 Å². The summed E-state index contributed by atoms with van der Waals surface area (Å²) in [4.78, 5) is 39.2. The van der Waals surface area contributed by atoms with E-state index in [0.29, 0.717) is 24.8 Å². The van der Waals surface area contributed by atoms with Crippen LogP contribution in [0.3, 0.4) is 0 Å². The Bertz CT molecular complexity index is 1100. The predicted octanol–water partition coefficient (Wildman–Crippen LogP) is 4.97. The average Bonchev–Trinajstić information content (AvgIpc) is 2.79. The third kappa shape index (κ3) is 5.96. The van der Waals surface area contributed by atoms with Crippen molar-refractivity contribution in [3.05, 3.63) is 62.7 Å². The van der Waals surface area contributed by atoms with Crippen molar-refractivity contribution in [3.8, 4) is 0 Å². The third-order valence-electron chi connectivity index (χ3n) is 5.40. The molecule has 0 aliphatic carbocycles. The number of anilines is 2. The Labute approximate surface area is 198 Å². The number of piperidine rings is 1. The largest absolute Gasteiger partial charge is 0.417 e. The van der Waals surface area contributed by atoms with Gasteiger partial charge in [0.25, 0.3) is 11.6 Å². The maximum atomic E-state index is 13.1. The summed E-state index contributed by atoms with van der Waals surface area (Å²) in [6, 6.07) is 6.96. The van der Waals surface area contributed by atoms with Crippen LogP contribution in [0.15, 0.2) is 36.4 Å². The number of benzene rings is 2. The number of nitro groups is 1. The number of carbonyl (C=O) groups excluding carboxylic acids is 2.